The van der Waals surface area contributed by atoms with Crippen LogP contribution in [0.4, 0.5) is 29.1 Å². The fraction of sp³-hybridized carbons (Fsp3) is 0.0909. The molecule has 0 unspecified atom stereocenters. The van der Waals surface area contributed by atoms with E-state index in [-0.39, 0.29) is 22.8 Å². The van der Waals surface area contributed by atoms with Crippen molar-refractivity contribution < 1.29 is 26.9 Å². The van der Waals surface area contributed by atoms with Crippen molar-refractivity contribution in [2.75, 3.05) is 5.32 Å². The van der Waals surface area contributed by atoms with Gasteiger partial charge in [-0.1, -0.05) is 0 Å². The SMILES string of the molecule is O=c1[nH]c2nonc2nc1Nc1ccc(OC(F)(F)F)cc1F. The summed E-state index contributed by atoms with van der Waals surface area (Å²) in [4.78, 5) is 17.7. The van der Waals surface area contributed by atoms with Crippen molar-refractivity contribution in [2.45, 2.75) is 6.36 Å². The Labute approximate surface area is 123 Å². The Morgan fingerprint density at radius 3 is 2.74 bits per heavy atom. The molecule has 12 heteroatoms. The molecule has 0 bridgehead atoms. The van der Waals surface area contributed by atoms with Crippen LogP contribution in [0.5, 0.6) is 5.75 Å². The molecule has 0 atom stereocenters. The van der Waals surface area contributed by atoms with Gasteiger partial charge >= 0.3 is 6.36 Å². The van der Waals surface area contributed by atoms with Crippen LogP contribution >= 0.6 is 0 Å². The zero-order chi connectivity index (χ0) is 16.6. The Bertz CT molecular complexity index is 920. The number of H-pyrrole nitrogens is 1. The van der Waals surface area contributed by atoms with E-state index in [1.54, 1.807) is 0 Å². The van der Waals surface area contributed by atoms with Crippen molar-refractivity contribution in [1.29, 1.82) is 0 Å². The molecule has 2 N–H and O–H groups in total. The molecule has 0 radical (unpaired) electrons. The summed E-state index contributed by atoms with van der Waals surface area (Å²) in [6.45, 7) is 0. The molecule has 23 heavy (non-hydrogen) atoms. The van der Waals surface area contributed by atoms with Crippen LogP contribution < -0.4 is 15.6 Å². The third-order valence-corrected chi connectivity index (χ3v) is 2.56. The van der Waals surface area contributed by atoms with Crippen molar-refractivity contribution in [3.05, 3.63) is 34.4 Å². The lowest BCUT2D eigenvalue weighted by Gasteiger charge is -2.10. The number of anilines is 2. The quantitative estimate of drug-likeness (QED) is 0.708. The van der Waals surface area contributed by atoms with Crippen LogP contribution in [0.25, 0.3) is 11.3 Å². The van der Waals surface area contributed by atoms with Crippen molar-refractivity contribution in [1.82, 2.24) is 20.3 Å². The van der Waals surface area contributed by atoms with Gasteiger partial charge in [0.15, 0.2) is 5.82 Å². The average Bonchev–Trinajstić information content (AvgIpc) is 2.87. The fourth-order valence-electron chi connectivity index (χ4n) is 1.67. The maximum Gasteiger partial charge on any atom is 0.573 e. The zero-order valence-corrected chi connectivity index (χ0v) is 10.8. The predicted molar refractivity (Wildman–Crippen MR) is 66.6 cm³/mol. The average molecular weight is 331 g/mol. The molecular formula is C11H5F4N5O3. The highest BCUT2D eigenvalue weighted by atomic mass is 19.4. The molecule has 0 saturated carbocycles. The molecular weight excluding hydrogens is 326 g/mol. The fourth-order valence-corrected chi connectivity index (χ4v) is 1.67. The first-order valence-corrected chi connectivity index (χ1v) is 5.87. The molecule has 0 amide bonds. The second-order valence-corrected chi connectivity index (χ2v) is 4.17. The molecule has 0 saturated heterocycles. The highest BCUT2D eigenvalue weighted by Gasteiger charge is 2.31. The summed E-state index contributed by atoms with van der Waals surface area (Å²) in [6, 6.07) is 2.35. The van der Waals surface area contributed by atoms with E-state index in [1.165, 1.54) is 0 Å². The summed E-state index contributed by atoms with van der Waals surface area (Å²) in [6.07, 6.45) is -4.94. The molecule has 0 spiro atoms. The Kier molecular flexibility index (Phi) is 3.35. The normalized spacial score (nSPS) is 11.7. The monoisotopic (exact) mass is 331 g/mol. The zero-order valence-electron chi connectivity index (χ0n) is 10.8. The molecule has 2 aromatic heterocycles. The standard InChI is InChI=1S/C11H5F4N5O3/c12-5-3-4(22-11(13,14)15)1-2-6(5)16-9-10(21)18-8-7(17-9)19-23-20-8/h1-3H,(H,16,17,19)(H,18,20,21). The molecule has 120 valence electrons. The lowest BCUT2D eigenvalue weighted by atomic mass is 10.3. The van der Waals surface area contributed by atoms with E-state index in [9.17, 15) is 22.4 Å². The van der Waals surface area contributed by atoms with Crippen LogP contribution in [0.2, 0.25) is 0 Å². The van der Waals surface area contributed by atoms with E-state index in [1.807, 2.05) is 0 Å². The van der Waals surface area contributed by atoms with Crippen LogP contribution in [0.15, 0.2) is 27.6 Å². The molecule has 3 aromatic rings. The van der Waals surface area contributed by atoms with E-state index in [0.717, 1.165) is 12.1 Å². The Hall–Kier alpha value is -3.18. The molecule has 0 fully saturated rings. The van der Waals surface area contributed by atoms with Crippen LogP contribution in [0.1, 0.15) is 0 Å². The van der Waals surface area contributed by atoms with Crippen LogP contribution in [0.3, 0.4) is 0 Å². The molecule has 0 aliphatic heterocycles. The van der Waals surface area contributed by atoms with E-state index in [4.69, 9.17) is 0 Å². The van der Waals surface area contributed by atoms with Crippen LogP contribution in [-0.4, -0.2) is 26.6 Å². The number of hydrogen-bond acceptors (Lipinski definition) is 7. The lowest BCUT2D eigenvalue weighted by molar-refractivity contribution is -0.274. The van der Waals surface area contributed by atoms with Crippen molar-refractivity contribution in [3.8, 4) is 5.75 Å². The lowest BCUT2D eigenvalue weighted by Crippen LogP contribution is -2.17. The third kappa shape index (κ3) is 3.20. The van der Waals surface area contributed by atoms with Gasteiger partial charge in [0.1, 0.15) is 11.6 Å². The van der Waals surface area contributed by atoms with Crippen molar-refractivity contribution in [2.24, 2.45) is 0 Å². The van der Waals surface area contributed by atoms with E-state index in [0.29, 0.717) is 6.07 Å². The van der Waals surface area contributed by atoms with Gasteiger partial charge in [0.05, 0.1) is 5.69 Å². The number of rotatable bonds is 3. The van der Waals surface area contributed by atoms with Gasteiger partial charge in [-0.3, -0.25) is 9.78 Å². The van der Waals surface area contributed by atoms with Gasteiger partial charge in [0.25, 0.3) is 5.56 Å². The predicted octanol–water partition coefficient (Wildman–Crippen LogP) is 2.09. The summed E-state index contributed by atoms with van der Waals surface area (Å²) in [5, 5.41) is 9.09. The Morgan fingerprint density at radius 2 is 2.04 bits per heavy atom. The molecule has 8 nitrogen and oxygen atoms in total. The first-order chi connectivity index (χ1) is 10.8. The number of hydrogen-bond donors (Lipinski definition) is 2. The summed E-state index contributed by atoms with van der Waals surface area (Å²) >= 11 is 0. The molecule has 3 rings (SSSR count). The smallest absolute Gasteiger partial charge is 0.406 e. The number of aromatic nitrogens is 4. The van der Waals surface area contributed by atoms with E-state index < -0.39 is 23.5 Å². The van der Waals surface area contributed by atoms with Gasteiger partial charge in [0, 0.05) is 6.07 Å². The maximum atomic E-state index is 13.8. The van der Waals surface area contributed by atoms with E-state index in [2.05, 4.69) is 35.0 Å². The summed E-state index contributed by atoms with van der Waals surface area (Å²) in [5.74, 6) is -2.15. The van der Waals surface area contributed by atoms with Gasteiger partial charge < -0.3 is 10.1 Å². The molecule has 1 aromatic carbocycles. The van der Waals surface area contributed by atoms with Crippen molar-refractivity contribution >= 4 is 22.8 Å². The number of halogens is 4. The summed E-state index contributed by atoms with van der Waals surface area (Å²) in [7, 11) is 0. The van der Waals surface area contributed by atoms with Gasteiger partial charge in [-0.25, -0.2) is 9.02 Å². The third-order valence-electron chi connectivity index (χ3n) is 2.56. The number of nitrogens with zero attached hydrogens (tertiary/aromatic N) is 3. The summed E-state index contributed by atoms with van der Waals surface area (Å²) < 4.78 is 57.9. The number of benzene rings is 1. The second-order valence-electron chi connectivity index (χ2n) is 4.17. The molecule has 2 heterocycles. The summed E-state index contributed by atoms with van der Waals surface area (Å²) in [5.41, 5.74) is -1.07. The Balaban J connectivity index is 1.89. The van der Waals surface area contributed by atoms with Gasteiger partial charge in [-0.05, 0) is 22.4 Å². The molecule has 0 aliphatic carbocycles. The number of fused-ring (bicyclic) bond motifs is 1. The van der Waals surface area contributed by atoms with Gasteiger partial charge in [-0.15, -0.1) is 13.2 Å². The minimum Gasteiger partial charge on any atom is -0.406 e. The first-order valence-electron chi connectivity index (χ1n) is 5.87. The minimum atomic E-state index is -4.94. The van der Waals surface area contributed by atoms with Gasteiger partial charge in [-0.2, -0.15) is 4.98 Å². The van der Waals surface area contributed by atoms with Crippen LogP contribution in [0, 0.1) is 5.82 Å². The topological polar surface area (TPSA) is 106 Å². The maximum absolute atomic E-state index is 13.8. The Morgan fingerprint density at radius 1 is 1.26 bits per heavy atom. The largest absolute Gasteiger partial charge is 0.573 e. The molecule has 0 aliphatic rings. The first kappa shape index (κ1) is 14.7. The number of aromatic amines is 1. The van der Waals surface area contributed by atoms with Crippen molar-refractivity contribution in [3.63, 3.8) is 0 Å². The highest BCUT2D eigenvalue weighted by molar-refractivity contribution is 5.67. The number of alkyl halides is 3. The van der Waals surface area contributed by atoms with Gasteiger partial charge in [0.2, 0.25) is 11.3 Å². The number of nitrogens with one attached hydrogen (secondary N) is 2. The second kappa shape index (κ2) is 5.23. The van der Waals surface area contributed by atoms with Crippen LogP contribution in [-0.2, 0) is 0 Å². The highest BCUT2D eigenvalue weighted by Crippen LogP contribution is 2.27. The number of ether oxygens (including phenoxy) is 1. The van der Waals surface area contributed by atoms with E-state index >= 15 is 0 Å². The minimum absolute atomic E-state index is 0.00468.